The first kappa shape index (κ1) is 14.7. The maximum atomic E-state index is 11.8. The minimum atomic E-state index is -0.110. The first-order chi connectivity index (χ1) is 11.3. The van der Waals surface area contributed by atoms with Crippen molar-refractivity contribution in [3.63, 3.8) is 0 Å². The number of fused-ring (bicyclic) bond motifs is 1. The normalized spacial score (nSPS) is 23.3. The number of rotatable bonds is 3. The maximum absolute atomic E-state index is 11.8. The molecule has 0 spiro atoms. The van der Waals surface area contributed by atoms with Crippen LogP contribution in [-0.2, 0) is 24.2 Å². The Morgan fingerprint density at radius 3 is 2.74 bits per heavy atom. The molecule has 5 heteroatoms. The SMILES string of the molecule is O=C1NN=CC1=Cc1[nH]c2c(c1CN1CCCCC1)CCCC2. The number of likely N-dealkylation sites (tertiary alicyclic amines) is 1. The Morgan fingerprint density at radius 2 is 1.96 bits per heavy atom. The molecule has 23 heavy (non-hydrogen) atoms. The van der Waals surface area contributed by atoms with Crippen LogP contribution in [0.1, 0.15) is 54.6 Å². The number of aryl methyl sites for hydroxylation is 1. The van der Waals surface area contributed by atoms with E-state index < -0.39 is 0 Å². The zero-order valence-electron chi connectivity index (χ0n) is 13.5. The summed E-state index contributed by atoms with van der Waals surface area (Å²) in [5.74, 6) is -0.110. The molecule has 2 N–H and O–H groups in total. The fraction of sp³-hybridized carbons (Fsp3) is 0.556. The van der Waals surface area contributed by atoms with Gasteiger partial charge < -0.3 is 4.98 Å². The van der Waals surface area contributed by atoms with E-state index in [1.54, 1.807) is 6.21 Å². The second-order valence-corrected chi connectivity index (χ2v) is 6.82. The predicted molar refractivity (Wildman–Crippen MR) is 91.2 cm³/mol. The van der Waals surface area contributed by atoms with Crippen LogP contribution >= 0.6 is 0 Å². The van der Waals surface area contributed by atoms with Crippen molar-refractivity contribution in [3.8, 4) is 0 Å². The summed E-state index contributed by atoms with van der Waals surface area (Å²) in [4.78, 5) is 18.0. The molecule has 1 amide bonds. The molecule has 1 aromatic rings. The number of amides is 1. The molecule has 122 valence electrons. The van der Waals surface area contributed by atoms with Gasteiger partial charge in [0, 0.05) is 17.9 Å². The molecule has 0 aromatic carbocycles. The third kappa shape index (κ3) is 2.98. The number of aromatic amines is 1. The minimum Gasteiger partial charge on any atom is -0.358 e. The lowest BCUT2D eigenvalue weighted by molar-refractivity contribution is -0.116. The summed E-state index contributed by atoms with van der Waals surface area (Å²) in [6.07, 6.45) is 12.4. The Hall–Kier alpha value is -1.88. The minimum absolute atomic E-state index is 0.110. The fourth-order valence-electron chi connectivity index (χ4n) is 3.96. The molecule has 0 bridgehead atoms. The van der Waals surface area contributed by atoms with Crippen LogP contribution in [0.2, 0.25) is 0 Å². The Labute approximate surface area is 136 Å². The van der Waals surface area contributed by atoms with Gasteiger partial charge in [-0.1, -0.05) is 6.42 Å². The first-order valence-electron chi connectivity index (χ1n) is 8.81. The molecule has 0 atom stereocenters. The molecule has 5 nitrogen and oxygen atoms in total. The van der Waals surface area contributed by atoms with E-state index in [9.17, 15) is 4.79 Å². The van der Waals surface area contributed by atoms with Crippen molar-refractivity contribution in [2.24, 2.45) is 5.10 Å². The second kappa shape index (κ2) is 6.32. The summed E-state index contributed by atoms with van der Waals surface area (Å²) in [6, 6.07) is 0. The molecule has 1 fully saturated rings. The van der Waals surface area contributed by atoms with Gasteiger partial charge in [0.15, 0.2) is 0 Å². The smallest absolute Gasteiger partial charge is 0.273 e. The highest BCUT2D eigenvalue weighted by Crippen LogP contribution is 2.30. The lowest BCUT2D eigenvalue weighted by atomic mass is 9.93. The number of H-pyrrole nitrogens is 1. The summed E-state index contributed by atoms with van der Waals surface area (Å²) in [7, 11) is 0. The van der Waals surface area contributed by atoms with Crippen molar-refractivity contribution < 1.29 is 4.79 Å². The van der Waals surface area contributed by atoms with Gasteiger partial charge in [-0.3, -0.25) is 9.69 Å². The van der Waals surface area contributed by atoms with Gasteiger partial charge in [0.1, 0.15) is 0 Å². The molecule has 0 unspecified atom stereocenters. The summed E-state index contributed by atoms with van der Waals surface area (Å²) in [5.41, 5.74) is 8.53. The molecule has 4 rings (SSSR count). The highest BCUT2D eigenvalue weighted by atomic mass is 16.2. The van der Waals surface area contributed by atoms with Gasteiger partial charge in [-0.2, -0.15) is 5.10 Å². The van der Waals surface area contributed by atoms with E-state index in [-0.39, 0.29) is 5.91 Å². The third-order valence-electron chi connectivity index (χ3n) is 5.20. The summed E-state index contributed by atoms with van der Waals surface area (Å²) >= 11 is 0. The number of hydrazone groups is 1. The summed E-state index contributed by atoms with van der Waals surface area (Å²) in [6.45, 7) is 3.39. The number of aromatic nitrogens is 1. The zero-order valence-corrected chi connectivity index (χ0v) is 13.5. The summed E-state index contributed by atoms with van der Waals surface area (Å²) < 4.78 is 0. The highest BCUT2D eigenvalue weighted by Gasteiger charge is 2.23. The molecule has 3 aliphatic rings. The number of piperidine rings is 1. The topological polar surface area (TPSA) is 60.5 Å². The molecule has 1 saturated heterocycles. The Bertz CT molecular complexity index is 665. The van der Waals surface area contributed by atoms with Crippen LogP contribution in [-0.4, -0.2) is 35.1 Å². The Kier molecular flexibility index (Phi) is 4.04. The standard InChI is InChI=1S/C18H24N4O/c23-18-13(11-19-21-18)10-17-15(12-22-8-4-1-5-9-22)14-6-2-3-7-16(14)20-17/h10-11,20H,1-9,12H2,(H,21,23). The predicted octanol–water partition coefficient (Wildman–Crippen LogP) is 2.38. The summed E-state index contributed by atoms with van der Waals surface area (Å²) in [5, 5.41) is 3.85. The van der Waals surface area contributed by atoms with E-state index in [1.807, 2.05) is 6.08 Å². The maximum Gasteiger partial charge on any atom is 0.273 e. The van der Waals surface area contributed by atoms with Gasteiger partial charge >= 0.3 is 0 Å². The monoisotopic (exact) mass is 312 g/mol. The first-order valence-corrected chi connectivity index (χ1v) is 8.81. The Balaban J connectivity index is 1.68. The average Bonchev–Trinajstić information content (AvgIpc) is 3.13. The largest absolute Gasteiger partial charge is 0.358 e. The number of nitrogens with zero attached hydrogens (tertiary/aromatic N) is 2. The molecule has 0 radical (unpaired) electrons. The van der Waals surface area contributed by atoms with Crippen LogP contribution < -0.4 is 5.43 Å². The van der Waals surface area contributed by atoms with Gasteiger partial charge in [0.05, 0.1) is 11.8 Å². The average molecular weight is 312 g/mol. The molecule has 2 aliphatic heterocycles. The number of carbonyl (C=O) groups excluding carboxylic acids is 1. The van der Waals surface area contributed by atoms with Crippen LogP contribution in [0, 0.1) is 0 Å². The van der Waals surface area contributed by atoms with Gasteiger partial charge in [-0.05, 0) is 68.8 Å². The second-order valence-electron chi connectivity index (χ2n) is 6.82. The van der Waals surface area contributed by atoms with E-state index in [0.29, 0.717) is 5.57 Å². The van der Waals surface area contributed by atoms with E-state index >= 15 is 0 Å². The van der Waals surface area contributed by atoms with E-state index in [0.717, 1.165) is 18.7 Å². The molecule has 1 aliphatic carbocycles. The number of carbonyl (C=O) groups is 1. The van der Waals surface area contributed by atoms with Gasteiger partial charge in [0.2, 0.25) is 0 Å². The van der Waals surface area contributed by atoms with Crippen LogP contribution in [0.15, 0.2) is 10.7 Å². The van der Waals surface area contributed by atoms with E-state index in [4.69, 9.17) is 0 Å². The van der Waals surface area contributed by atoms with E-state index in [1.165, 1.54) is 68.4 Å². The lowest BCUT2D eigenvalue weighted by Crippen LogP contribution is -2.29. The van der Waals surface area contributed by atoms with Crippen LogP contribution in [0.3, 0.4) is 0 Å². The number of hydrogen-bond donors (Lipinski definition) is 2. The van der Waals surface area contributed by atoms with Crippen molar-refractivity contribution in [3.05, 3.63) is 28.1 Å². The number of nitrogens with one attached hydrogen (secondary N) is 2. The van der Waals surface area contributed by atoms with Gasteiger partial charge in [-0.25, -0.2) is 5.43 Å². The van der Waals surface area contributed by atoms with Crippen molar-refractivity contribution in [2.45, 2.75) is 51.5 Å². The zero-order chi connectivity index (χ0) is 15.6. The lowest BCUT2D eigenvalue weighted by Gasteiger charge is -2.27. The van der Waals surface area contributed by atoms with Crippen LogP contribution in [0.4, 0.5) is 0 Å². The molecule has 3 heterocycles. The van der Waals surface area contributed by atoms with Crippen molar-refractivity contribution in [1.29, 1.82) is 0 Å². The van der Waals surface area contributed by atoms with Crippen molar-refractivity contribution >= 4 is 18.2 Å². The van der Waals surface area contributed by atoms with Crippen LogP contribution in [0.25, 0.3) is 6.08 Å². The van der Waals surface area contributed by atoms with Gasteiger partial charge in [0.25, 0.3) is 5.91 Å². The van der Waals surface area contributed by atoms with Gasteiger partial charge in [-0.15, -0.1) is 0 Å². The van der Waals surface area contributed by atoms with Crippen molar-refractivity contribution in [1.82, 2.24) is 15.3 Å². The Morgan fingerprint density at radius 1 is 1.13 bits per heavy atom. The molecule has 0 saturated carbocycles. The number of hydrogen-bond acceptors (Lipinski definition) is 3. The van der Waals surface area contributed by atoms with Crippen LogP contribution in [0.5, 0.6) is 0 Å². The molecule has 1 aromatic heterocycles. The quantitative estimate of drug-likeness (QED) is 0.842. The highest BCUT2D eigenvalue weighted by molar-refractivity contribution is 6.18. The molecular weight excluding hydrogens is 288 g/mol. The third-order valence-corrected chi connectivity index (χ3v) is 5.20. The van der Waals surface area contributed by atoms with Crippen molar-refractivity contribution in [2.75, 3.05) is 13.1 Å². The fourth-order valence-corrected chi connectivity index (χ4v) is 3.96. The molecular formula is C18H24N4O. The van der Waals surface area contributed by atoms with E-state index in [2.05, 4.69) is 20.4 Å².